The molecule has 0 spiro atoms. The van der Waals surface area contributed by atoms with E-state index >= 15 is 0 Å². The van der Waals surface area contributed by atoms with Gasteiger partial charge in [0, 0.05) is 32.7 Å². The minimum absolute atomic E-state index is 0.0482. The standard InChI is InChI=1S/C15H29N3O3/c1-4-18-10-7-13(8-11-18)17(3)15(21)16-9-5-6-12(2)14(19)20/h12-13H,4-11H2,1-3H3,(H,16,21)(H,19,20). The van der Waals surface area contributed by atoms with Crippen LogP contribution in [-0.2, 0) is 4.79 Å². The van der Waals surface area contributed by atoms with Gasteiger partial charge in [-0.15, -0.1) is 0 Å². The maximum atomic E-state index is 12.1. The summed E-state index contributed by atoms with van der Waals surface area (Å²) >= 11 is 0. The van der Waals surface area contributed by atoms with Crippen molar-refractivity contribution in [1.82, 2.24) is 15.1 Å². The van der Waals surface area contributed by atoms with Gasteiger partial charge in [0.25, 0.3) is 0 Å². The Balaban J connectivity index is 2.21. The van der Waals surface area contributed by atoms with Crippen molar-refractivity contribution in [2.45, 2.75) is 45.6 Å². The van der Waals surface area contributed by atoms with Crippen molar-refractivity contribution in [2.75, 3.05) is 33.2 Å². The molecule has 122 valence electrons. The Hall–Kier alpha value is -1.30. The number of likely N-dealkylation sites (tertiary alicyclic amines) is 1. The van der Waals surface area contributed by atoms with Gasteiger partial charge in [0.1, 0.15) is 0 Å². The van der Waals surface area contributed by atoms with Crippen molar-refractivity contribution in [3.8, 4) is 0 Å². The van der Waals surface area contributed by atoms with Crippen LogP contribution in [0.3, 0.4) is 0 Å². The third-order valence-electron chi connectivity index (χ3n) is 4.38. The normalized spacial score (nSPS) is 18.2. The molecule has 1 aliphatic heterocycles. The summed E-state index contributed by atoms with van der Waals surface area (Å²) in [5.74, 6) is -1.13. The fourth-order valence-corrected chi connectivity index (χ4v) is 2.64. The summed E-state index contributed by atoms with van der Waals surface area (Å²) in [5, 5.41) is 11.7. The second kappa shape index (κ2) is 8.87. The Morgan fingerprint density at radius 1 is 1.38 bits per heavy atom. The fourth-order valence-electron chi connectivity index (χ4n) is 2.64. The van der Waals surface area contributed by atoms with Gasteiger partial charge in [0.15, 0.2) is 0 Å². The molecule has 0 radical (unpaired) electrons. The molecule has 0 aromatic carbocycles. The molecule has 0 saturated carbocycles. The number of nitrogens with zero attached hydrogens (tertiary/aromatic N) is 2. The molecular formula is C15H29N3O3. The van der Waals surface area contributed by atoms with Crippen molar-refractivity contribution >= 4 is 12.0 Å². The number of rotatable bonds is 7. The second-order valence-electron chi connectivity index (χ2n) is 5.89. The summed E-state index contributed by atoms with van der Waals surface area (Å²) in [6.45, 7) is 7.56. The average Bonchev–Trinajstić information content (AvgIpc) is 2.50. The van der Waals surface area contributed by atoms with Crippen LogP contribution in [0.25, 0.3) is 0 Å². The second-order valence-corrected chi connectivity index (χ2v) is 5.89. The Morgan fingerprint density at radius 3 is 2.52 bits per heavy atom. The predicted octanol–water partition coefficient (Wildman–Crippen LogP) is 1.61. The Kier molecular flexibility index (Phi) is 7.50. The molecule has 1 saturated heterocycles. The monoisotopic (exact) mass is 299 g/mol. The molecule has 6 nitrogen and oxygen atoms in total. The van der Waals surface area contributed by atoms with Gasteiger partial charge in [0.2, 0.25) is 0 Å². The van der Waals surface area contributed by atoms with Gasteiger partial charge in [-0.2, -0.15) is 0 Å². The Bertz CT molecular complexity index is 341. The molecule has 21 heavy (non-hydrogen) atoms. The smallest absolute Gasteiger partial charge is 0.317 e. The van der Waals surface area contributed by atoms with Crippen LogP contribution in [0.5, 0.6) is 0 Å². The molecule has 1 rings (SSSR count). The lowest BCUT2D eigenvalue weighted by Crippen LogP contribution is -2.48. The molecule has 2 amide bonds. The number of piperidine rings is 1. The quantitative estimate of drug-likeness (QED) is 0.701. The van der Waals surface area contributed by atoms with Gasteiger partial charge in [-0.25, -0.2) is 4.79 Å². The van der Waals surface area contributed by atoms with Crippen molar-refractivity contribution in [3.05, 3.63) is 0 Å². The number of aliphatic carboxylic acids is 1. The highest BCUT2D eigenvalue weighted by molar-refractivity contribution is 5.74. The zero-order chi connectivity index (χ0) is 15.8. The van der Waals surface area contributed by atoms with E-state index in [1.54, 1.807) is 11.8 Å². The minimum atomic E-state index is -0.777. The van der Waals surface area contributed by atoms with E-state index in [0.717, 1.165) is 32.5 Å². The molecule has 0 aromatic rings. The van der Waals surface area contributed by atoms with Gasteiger partial charge >= 0.3 is 12.0 Å². The SMILES string of the molecule is CCN1CCC(N(C)C(=O)NCCCC(C)C(=O)O)CC1. The molecule has 1 unspecified atom stereocenters. The molecule has 1 heterocycles. The number of amides is 2. The number of carboxylic acid groups (broad SMARTS) is 1. The van der Waals surface area contributed by atoms with E-state index in [1.165, 1.54) is 0 Å². The van der Waals surface area contributed by atoms with Crippen LogP contribution in [-0.4, -0.2) is 66.2 Å². The molecule has 0 bridgehead atoms. The van der Waals surface area contributed by atoms with Crippen molar-refractivity contribution in [1.29, 1.82) is 0 Å². The molecule has 1 atom stereocenters. The molecule has 1 fully saturated rings. The summed E-state index contributed by atoms with van der Waals surface area (Å²) in [6, 6.07) is 0.263. The van der Waals surface area contributed by atoms with Gasteiger partial charge in [-0.05, 0) is 32.2 Å². The average molecular weight is 299 g/mol. The maximum Gasteiger partial charge on any atom is 0.317 e. The third kappa shape index (κ3) is 5.91. The zero-order valence-corrected chi connectivity index (χ0v) is 13.5. The number of urea groups is 1. The van der Waals surface area contributed by atoms with Crippen LogP contribution in [0.2, 0.25) is 0 Å². The number of nitrogens with one attached hydrogen (secondary N) is 1. The first-order chi connectivity index (χ1) is 9.95. The first-order valence-corrected chi connectivity index (χ1v) is 7.91. The van der Waals surface area contributed by atoms with Gasteiger partial charge in [0.05, 0.1) is 5.92 Å². The lowest BCUT2D eigenvalue weighted by molar-refractivity contribution is -0.141. The van der Waals surface area contributed by atoms with Crippen LogP contribution < -0.4 is 5.32 Å². The third-order valence-corrected chi connectivity index (χ3v) is 4.38. The van der Waals surface area contributed by atoms with Crippen molar-refractivity contribution in [2.24, 2.45) is 5.92 Å². The molecular weight excluding hydrogens is 270 g/mol. The summed E-state index contributed by atoms with van der Waals surface area (Å²) in [5.41, 5.74) is 0. The van der Waals surface area contributed by atoms with Crippen molar-refractivity contribution < 1.29 is 14.7 Å². The summed E-state index contributed by atoms with van der Waals surface area (Å²) in [7, 11) is 1.85. The number of carbonyl (C=O) groups is 2. The van der Waals surface area contributed by atoms with Crippen molar-refractivity contribution in [3.63, 3.8) is 0 Å². The predicted molar refractivity (Wildman–Crippen MR) is 82.3 cm³/mol. The summed E-state index contributed by atoms with van der Waals surface area (Å²) in [4.78, 5) is 26.9. The van der Waals surface area contributed by atoms with Crippen LogP contribution in [0, 0.1) is 5.92 Å². The van der Waals surface area contributed by atoms with E-state index in [0.29, 0.717) is 25.4 Å². The maximum absolute atomic E-state index is 12.1. The number of hydrogen-bond acceptors (Lipinski definition) is 3. The van der Waals surface area contributed by atoms with Crippen LogP contribution in [0.15, 0.2) is 0 Å². The van der Waals surface area contributed by atoms with E-state index in [4.69, 9.17) is 5.11 Å². The van der Waals surface area contributed by atoms with Crippen LogP contribution >= 0.6 is 0 Å². The van der Waals surface area contributed by atoms with E-state index in [9.17, 15) is 9.59 Å². The van der Waals surface area contributed by atoms with E-state index in [-0.39, 0.29) is 11.9 Å². The van der Waals surface area contributed by atoms with Crippen LogP contribution in [0.1, 0.15) is 39.5 Å². The van der Waals surface area contributed by atoms with Gasteiger partial charge in [-0.3, -0.25) is 4.79 Å². The number of carboxylic acids is 1. The molecule has 6 heteroatoms. The first-order valence-electron chi connectivity index (χ1n) is 7.91. The summed E-state index contributed by atoms with van der Waals surface area (Å²) < 4.78 is 0. The van der Waals surface area contributed by atoms with E-state index in [2.05, 4.69) is 17.1 Å². The first kappa shape index (κ1) is 17.8. The highest BCUT2D eigenvalue weighted by Gasteiger charge is 2.24. The Labute approximate surface area is 127 Å². The Morgan fingerprint density at radius 2 is 2.00 bits per heavy atom. The lowest BCUT2D eigenvalue weighted by atomic mass is 10.0. The molecule has 2 N–H and O–H groups in total. The fraction of sp³-hybridized carbons (Fsp3) is 0.867. The van der Waals surface area contributed by atoms with Gasteiger partial charge < -0.3 is 20.2 Å². The summed E-state index contributed by atoms with van der Waals surface area (Å²) in [6.07, 6.45) is 3.33. The van der Waals surface area contributed by atoms with E-state index < -0.39 is 5.97 Å². The highest BCUT2D eigenvalue weighted by atomic mass is 16.4. The molecule has 0 aromatic heterocycles. The number of carbonyl (C=O) groups excluding carboxylic acids is 1. The van der Waals surface area contributed by atoms with E-state index in [1.807, 2.05) is 7.05 Å². The molecule has 0 aliphatic carbocycles. The minimum Gasteiger partial charge on any atom is -0.481 e. The largest absolute Gasteiger partial charge is 0.481 e. The lowest BCUT2D eigenvalue weighted by Gasteiger charge is -2.36. The topological polar surface area (TPSA) is 72.9 Å². The van der Waals surface area contributed by atoms with Gasteiger partial charge in [-0.1, -0.05) is 13.8 Å². The number of hydrogen-bond donors (Lipinski definition) is 2. The highest BCUT2D eigenvalue weighted by Crippen LogP contribution is 2.15. The zero-order valence-electron chi connectivity index (χ0n) is 13.5. The molecule has 1 aliphatic rings. The van der Waals surface area contributed by atoms with Crippen LogP contribution in [0.4, 0.5) is 4.79 Å².